The van der Waals surface area contributed by atoms with E-state index in [2.05, 4.69) is 27.1 Å². The van der Waals surface area contributed by atoms with Crippen LogP contribution < -0.4 is 5.32 Å². The number of hydrogen-bond acceptors (Lipinski definition) is 6. The van der Waals surface area contributed by atoms with Crippen molar-refractivity contribution >= 4 is 39.7 Å². The maximum absolute atomic E-state index is 14.6. The molecule has 1 atom stereocenters. The van der Waals surface area contributed by atoms with Gasteiger partial charge in [0.1, 0.15) is 23.1 Å². The normalized spacial score (nSPS) is 17.4. The fourth-order valence-corrected chi connectivity index (χ4v) is 4.87. The van der Waals surface area contributed by atoms with Crippen LogP contribution in [0, 0.1) is 33.2 Å². The fourth-order valence-electron chi connectivity index (χ4n) is 4.69. The highest BCUT2D eigenvalue weighted by molar-refractivity contribution is 6.31. The lowest BCUT2D eigenvalue weighted by Gasteiger charge is -2.26. The molecule has 1 unspecified atom stereocenters. The summed E-state index contributed by atoms with van der Waals surface area (Å²) in [6.45, 7) is 0.0544. The van der Waals surface area contributed by atoms with Crippen LogP contribution in [0.4, 0.5) is 34.8 Å². The van der Waals surface area contributed by atoms with E-state index < -0.39 is 34.6 Å². The van der Waals surface area contributed by atoms with Crippen LogP contribution in [0.3, 0.4) is 0 Å². The smallest absolute Gasteiger partial charge is 0.337 e. The van der Waals surface area contributed by atoms with Crippen molar-refractivity contribution in [3.8, 4) is 11.8 Å². The number of aromatic nitrogens is 2. The van der Waals surface area contributed by atoms with E-state index in [0.29, 0.717) is 6.54 Å². The van der Waals surface area contributed by atoms with Gasteiger partial charge in [-0.1, -0.05) is 59.8 Å². The monoisotopic (exact) mass is 569 g/mol. The van der Waals surface area contributed by atoms with E-state index in [-0.39, 0.29) is 46.0 Å². The van der Waals surface area contributed by atoms with Gasteiger partial charge in [0.05, 0.1) is 26.5 Å². The molecular weight excluding hydrogens is 550 g/mol. The Labute approximate surface area is 231 Å². The number of halogens is 5. The molecule has 0 amide bonds. The number of nitro benzene ring substituents is 1. The maximum Gasteiger partial charge on any atom is 0.406 e. The number of hydrogen-bond donors (Lipinski definition) is 1. The second-order valence-electron chi connectivity index (χ2n) is 9.34. The van der Waals surface area contributed by atoms with Crippen molar-refractivity contribution in [3.63, 3.8) is 0 Å². The van der Waals surface area contributed by atoms with E-state index in [0.717, 1.165) is 18.0 Å². The molecule has 1 aliphatic rings. The molecule has 4 aromatic rings. The van der Waals surface area contributed by atoms with Crippen molar-refractivity contribution in [1.82, 2.24) is 14.9 Å². The molecule has 0 bridgehead atoms. The topological polar surface area (TPSA) is 84.2 Å². The number of anilines is 2. The predicted octanol–water partition coefficient (Wildman–Crippen LogP) is 6.88. The van der Waals surface area contributed by atoms with Crippen LogP contribution in [-0.2, 0) is 6.54 Å². The number of likely N-dealkylation sites (tertiary alicyclic amines) is 1. The van der Waals surface area contributed by atoms with Gasteiger partial charge in [-0.15, -0.1) is 0 Å². The highest BCUT2D eigenvalue weighted by Gasteiger charge is 2.57. The maximum atomic E-state index is 14.6. The van der Waals surface area contributed by atoms with Crippen LogP contribution in [0.1, 0.15) is 17.5 Å². The molecule has 1 N–H and O–H groups in total. The van der Waals surface area contributed by atoms with Gasteiger partial charge in [-0.05, 0) is 30.2 Å². The minimum absolute atomic E-state index is 0.0139. The van der Waals surface area contributed by atoms with Crippen LogP contribution in [-0.4, -0.2) is 39.1 Å². The highest BCUT2D eigenvalue weighted by atomic mass is 35.5. The van der Waals surface area contributed by atoms with Crippen LogP contribution in [0.2, 0.25) is 5.02 Å². The summed E-state index contributed by atoms with van der Waals surface area (Å²) in [5.41, 5.74) is -2.30. The Hall–Kier alpha value is -4.27. The molecule has 0 aliphatic carbocycles. The van der Waals surface area contributed by atoms with Gasteiger partial charge in [-0.2, -0.15) is 13.2 Å². The molecule has 1 saturated heterocycles. The molecule has 5 rings (SSSR count). The first-order valence-corrected chi connectivity index (χ1v) is 12.4. The van der Waals surface area contributed by atoms with E-state index in [1.807, 2.05) is 30.3 Å². The SMILES string of the molecule is O=[N+]([O-])c1ccc2ncnc(Nc3cccc(Cl)c3F)c2c1C#CC1(C(F)(F)F)CCN(Cc2ccccc2)C1. The van der Waals surface area contributed by atoms with E-state index in [9.17, 15) is 27.7 Å². The molecule has 1 aromatic heterocycles. The molecular formula is C28H20ClF4N5O2. The van der Waals surface area contributed by atoms with Gasteiger partial charge >= 0.3 is 6.18 Å². The standard InChI is InChI=1S/C28H20ClF4N5O2/c29-20-7-4-8-22(25(20)30)36-26-24-19(23(38(39)40)10-9-21(24)34-17-35-26)11-12-27(28(31,32)33)13-14-37(16-27)15-18-5-2-1-3-6-18/h1-10,17H,13-16H2,(H,34,35,36). The first kappa shape index (κ1) is 27.3. The van der Waals surface area contributed by atoms with Crippen LogP contribution >= 0.6 is 11.6 Å². The number of fused-ring (bicyclic) bond motifs is 1. The van der Waals surface area contributed by atoms with Crippen molar-refractivity contribution in [1.29, 1.82) is 0 Å². The van der Waals surface area contributed by atoms with Gasteiger partial charge in [0.15, 0.2) is 5.82 Å². The number of nitro groups is 1. The molecule has 0 radical (unpaired) electrons. The van der Waals surface area contributed by atoms with Crippen LogP contribution in [0.15, 0.2) is 67.0 Å². The largest absolute Gasteiger partial charge is 0.406 e. The Morgan fingerprint density at radius 3 is 2.60 bits per heavy atom. The molecule has 12 heteroatoms. The zero-order valence-corrected chi connectivity index (χ0v) is 21.4. The van der Waals surface area contributed by atoms with Gasteiger partial charge in [0.25, 0.3) is 5.69 Å². The molecule has 7 nitrogen and oxygen atoms in total. The van der Waals surface area contributed by atoms with E-state index in [4.69, 9.17) is 11.6 Å². The summed E-state index contributed by atoms with van der Waals surface area (Å²) in [5, 5.41) is 14.5. The van der Waals surface area contributed by atoms with E-state index >= 15 is 0 Å². The van der Waals surface area contributed by atoms with Gasteiger partial charge in [-0.25, -0.2) is 14.4 Å². The first-order valence-electron chi connectivity index (χ1n) is 12.1. The molecule has 40 heavy (non-hydrogen) atoms. The third-order valence-electron chi connectivity index (χ3n) is 6.75. The van der Waals surface area contributed by atoms with Crippen molar-refractivity contribution < 1.29 is 22.5 Å². The lowest BCUT2D eigenvalue weighted by Crippen LogP contribution is -2.39. The molecule has 0 spiro atoms. The minimum Gasteiger partial charge on any atom is -0.337 e. The number of nitrogens with zero attached hydrogens (tertiary/aromatic N) is 4. The summed E-state index contributed by atoms with van der Waals surface area (Å²) in [6.07, 6.45) is -3.86. The molecule has 1 fully saturated rings. The second-order valence-corrected chi connectivity index (χ2v) is 9.74. The Morgan fingerprint density at radius 2 is 1.88 bits per heavy atom. The summed E-state index contributed by atoms with van der Waals surface area (Å²) in [6, 6.07) is 15.7. The zero-order valence-electron chi connectivity index (χ0n) is 20.7. The Bertz CT molecular complexity index is 1660. The van der Waals surface area contributed by atoms with Gasteiger partial charge in [0.2, 0.25) is 0 Å². The van der Waals surface area contributed by atoms with Gasteiger partial charge in [0, 0.05) is 25.7 Å². The lowest BCUT2D eigenvalue weighted by molar-refractivity contribution is -0.385. The Balaban J connectivity index is 1.61. The van der Waals surface area contributed by atoms with Crippen LogP contribution in [0.5, 0.6) is 0 Å². The number of nitrogens with one attached hydrogen (secondary N) is 1. The number of alkyl halides is 3. The first-order chi connectivity index (χ1) is 19.1. The third kappa shape index (κ3) is 5.28. The number of rotatable bonds is 5. The van der Waals surface area contributed by atoms with Crippen molar-refractivity contribution in [3.05, 3.63) is 99.1 Å². The van der Waals surface area contributed by atoms with Crippen molar-refractivity contribution in [2.24, 2.45) is 5.41 Å². The van der Waals surface area contributed by atoms with Crippen molar-refractivity contribution in [2.75, 3.05) is 18.4 Å². The van der Waals surface area contributed by atoms with Gasteiger partial charge < -0.3 is 5.32 Å². The molecule has 204 valence electrons. The average molecular weight is 570 g/mol. The highest BCUT2D eigenvalue weighted by Crippen LogP contribution is 2.46. The predicted molar refractivity (Wildman–Crippen MR) is 143 cm³/mol. The average Bonchev–Trinajstić information content (AvgIpc) is 3.34. The fraction of sp³-hybridized carbons (Fsp3) is 0.214. The summed E-state index contributed by atoms with van der Waals surface area (Å²) in [7, 11) is 0. The minimum atomic E-state index is -4.70. The van der Waals surface area contributed by atoms with Crippen LogP contribution in [0.25, 0.3) is 10.9 Å². The molecule has 1 aliphatic heterocycles. The quantitative estimate of drug-likeness (QED) is 0.122. The molecule has 0 saturated carbocycles. The third-order valence-corrected chi connectivity index (χ3v) is 7.04. The molecule has 3 aromatic carbocycles. The summed E-state index contributed by atoms with van der Waals surface area (Å²) < 4.78 is 58.1. The van der Waals surface area contributed by atoms with Gasteiger partial charge in [-0.3, -0.25) is 15.0 Å². The second kappa shape index (κ2) is 10.7. The number of benzene rings is 3. The summed E-state index contributed by atoms with van der Waals surface area (Å²) >= 11 is 5.87. The summed E-state index contributed by atoms with van der Waals surface area (Å²) in [4.78, 5) is 21.0. The Morgan fingerprint density at radius 1 is 1.10 bits per heavy atom. The Kier molecular flexibility index (Phi) is 7.31. The van der Waals surface area contributed by atoms with E-state index in [1.54, 1.807) is 4.90 Å². The molecule has 2 heterocycles. The lowest BCUT2D eigenvalue weighted by atomic mass is 9.86. The van der Waals surface area contributed by atoms with E-state index in [1.165, 1.54) is 24.3 Å². The van der Waals surface area contributed by atoms with Crippen molar-refractivity contribution in [2.45, 2.75) is 19.1 Å². The zero-order chi connectivity index (χ0) is 28.5. The summed E-state index contributed by atoms with van der Waals surface area (Å²) in [5.74, 6) is 3.98.